The second kappa shape index (κ2) is 5.09. The van der Waals surface area contributed by atoms with Gasteiger partial charge < -0.3 is 15.7 Å². The summed E-state index contributed by atoms with van der Waals surface area (Å²) in [5.41, 5.74) is 0.744. The monoisotopic (exact) mass is 262 g/mol. The van der Waals surface area contributed by atoms with E-state index in [2.05, 4.69) is 10.6 Å². The zero-order valence-electron chi connectivity index (χ0n) is 10.3. The van der Waals surface area contributed by atoms with Crippen LogP contribution >= 0.6 is 0 Å². The first kappa shape index (κ1) is 13.1. The lowest BCUT2D eigenvalue weighted by Gasteiger charge is -2.09. The molecular weight excluding hydrogens is 248 g/mol. The smallest absolute Gasteiger partial charge is 0.307 e. The molecule has 0 heterocycles. The van der Waals surface area contributed by atoms with Crippen LogP contribution in [0.15, 0.2) is 24.3 Å². The molecule has 0 radical (unpaired) electrons. The van der Waals surface area contributed by atoms with Crippen molar-refractivity contribution in [2.45, 2.75) is 6.42 Å². The number of amides is 2. The lowest BCUT2D eigenvalue weighted by Crippen LogP contribution is -2.22. The Balaban J connectivity index is 2.10. The van der Waals surface area contributed by atoms with Gasteiger partial charge in [0.15, 0.2) is 0 Å². The highest BCUT2D eigenvalue weighted by Gasteiger charge is 2.48. The molecule has 1 fully saturated rings. The van der Waals surface area contributed by atoms with Gasteiger partial charge in [-0.05, 0) is 18.6 Å². The number of carbonyl (C=O) groups is 3. The second-order valence-corrected chi connectivity index (χ2v) is 4.40. The first-order valence-corrected chi connectivity index (χ1v) is 5.89. The summed E-state index contributed by atoms with van der Waals surface area (Å²) in [6.07, 6.45) is 0.351. The fourth-order valence-corrected chi connectivity index (χ4v) is 1.91. The van der Waals surface area contributed by atoms with Crippen LogP contribution in [0.2, 0.25) is 0 Å². The summed E-state index contributed by atoms with van der Waals surface area (Å²) in [6, 6.07) is 6.59. The lowest BCUT2D eigenvalue weighted by atomic mass is 10.1. The maximum absolute atomic E-state index is 11.8. The second-order valence-electron chi connectivity index (χ2n) is 4.40. The highest BCUT2D eigenvalue weighted by Crippen LogP contribution is 2.39. The van der Waals surface area contributed by atoms with Crippen LogP contribution in [0.1, 0.15) is 16.8 Å². The van der Waals surface area contributed by atoms with Crippen LogP contribution < -0.4 is 10.6 Å². The quantitative estimate of drug-likeness (QED) is 0.744. The molecule has 2 rings (SSSR count). The van der Waals surface area contributed by atoms with E-state index in [0.29, 0.717) is 17.7 Å². The van der Waals surface area contributed by atoms with E-state index in [1.165, 1.54) is 7.05 Å². The Morgan fingerprint density at radius 2 is 1.89 bits per heavy atom. The molecule has 100 valence electrons. The molecule has 0 aromatic heterocycles. The van der Waals surface area contributed by atoms with Crippen molar-refractivity contribution in [3.8, 4) is 0 Å². The van der Waals surface area contributed by atoms with Crippen molar-refractivity contribution in [3.05, 3.63) is 29.8 Å². The number of anilines is 1. The highest BCUT2D eigenvalue weighted by atomic mass is 16.4. The molecule has 0 aliphatic heterocycles. The van der Waals surface area contributed by atoms with Crippen molar-refractivity contribution < 1.29 is 19.5 Å². The van der Waals surface area contributed by atoms with E-state index >= 15 is 0 Å². The van der Waals surface area contributed by atoms with Crippen LogP contribution in [0, 0.1) is 11.8 Å². The van der Waals surface area contributed by atoms with Gasteiger partial charge in [0.2, 0.25) is 5.91 Å². The molecule has 1 aliphatic rings. The molecule has 1 aromatic carbocycles. The van der Waals surface area contributed by atoms with Crippen LogP contribution in [-0.4, -0.2) is 29.9 Å². The molecule has 1 aromatic rings. The molecule has 0 unspecified atom stereocenters. The number of hydrogen-bond donors (Lipinski definition) is 3. The van der Waals surface area contributed by atoms with Gasteiger partial charge in [-0.15, -0.1) is 0 Å². The Morgan fingerprint density at radius 1 is 1.21 bits per heavy atom. The summed E-state index contributed by atoms with van der Waals surface area (Å²) in [5.74, 6) is -2.73. The van der Waals surface area contributed by atoms with Gasteiger partial charge in [-0.1, -0.05) is 12.1 Å². The van der Waals surface area contributed by atoms with Gasteiger partial charge >= 0.3 is 5.97 Å². The zero-order chi connectivity index (χ0) is 14.0. The first-order chi connectivity index (χ1) is 9.04. The number of carboxylic acid groups (broad SMARTS) is 1. The number of nitrogens with one attached hydrogen (secondary N) is 2. The molecule has 2 atom stereocenters. The number of carboxylic acids is 1. The summed E-state index contributed by atoms with van der Waals surface area (Å²) in [4.78, 5) is 34.2. The molecule has 1 aliphatic carbocycles. The zero-order valence-corrected chi connectivity index (χ0v) is 10.3. The number of para-hydroxylation sites is 1. The van der Waals surface area contributed by atoms with Crippen molar-refractivity contribution in [2.24, 2.45) is 11.8 Å². The Morgan fingerprint density at radius 3 is 2.47 bits per heavy atom. The van der Waals surface area contributed by atoms with E-state index in [4.69, 9.17) is 5.11 Å². The van der Waals surface area contributed by atoms with E-state index in [1.54, 1.807) is 24.3 Å². The molecule has 3 N–H and O–H groups in total. The van der Waals surface area contributed by atoms with Crippen LogP contribution in [0.4, 0.5) is 5.69 Å². The van der Waals surface area contributed by atoms with Crippen molar-refractivity contribution in [1.29, 1.82) is 0 Å². The van der Waals surface area contributed by atoms with Gasteiger partial charge in [-0.3, -0.25) is 14.4 Å². The molecule has 6 heteroatoms. The van der Waals surface area contributed by atoms with Crippen molar-refractivity contribution >= 4 is 23.5 Å². The third-order valence-corrected chi connectivity index (χ3v) is 3.10. The number of rotatable bonds is 4. The summed E-state index contributed by atoms with van der Waals surface area (Å²) in [5, 5.41) is 13.9. The average Bonchev–Trinajstić information content (AvgIpc) is 3.19. The van der Waals surface area contributed by atoms with Crippen LogP contribution in [0.3, 0.4) is 0 Å². The van der Waals surface area contributed by atoms with Crippen LogP contribution in [0.25, 0.3) is 0 Å². The minimum absolute atomic E-state index is 0.304. The predicted octanol–water partition coefficient (Wildman–Crippen LogP) is 0.705. The molecular formula is C13H14N2O4. The maximum Gasteiger partial charge on any atom is 0.307 e. The van der Waals surface area contributed by atoms with Gasteiger partial charge in [-0.2, -0.15) is 0 Å². The van der Waals surface area contributed by atoms with Crippen molar-refractivity contribution in [1.82, 2.24) is 5.32 Å². The van der Waals surface area contributed by atoms with Gasteiger partial charge in [0.25, 0.3) is 5.91 Å². The summed E-state index contributed by atoms with van der Waals surface area (Å²) in [6.45, 7) is 0. The van der Waals surface area contributed by atoms with E-state index in [1.807, 2.05) is 0 Å². The summed E-state index contributed by atoms with van der Waals surface area (Å²) in [7, 11) is 1.50. The SMILES string of the molecule is CNC(=O)c1ccccc1NC(=O)[C@@H]1C[C@@H]1C(=O)O. The molecule has 1 saturated carbocycles. The number of benzene rings is 1. The molecule has 0 spiro atoms. The predicted molar refractivity (Wildman–Crippen MR) is 67.7 cm³/mol. The van der Waals surface area contributed by atoms with E-state index < -0.39 is 17.8 Å². The first-order valence-electron chi connectivity index (χ1n) is 5.89. The molecule has 0 saturated heterocycles. The summed E-state index contributed by atoms with van der Waals surface area (Å²) >= 11 is 0. The Labute approximate surface area is 109 Å². The minimum Gasteiger partial charge on any atom is -0.481 e. The topological polar surface area (TPSA) is 95.5 Å². The lowest BCUT2D eigenvalue weighted by molar-refractivity contribution is -0.139. The van der Waals surface area contributed by atoms with Crippen LogP contribution in [-0.2, 0) is 9.59 Å². The molecule has 6 nitrogen and oxygen atoms in total. The third-order valence-electron chi connectivity index (χ3n) is 3.10. The van der Waals surface area contributed by atoms with E-state index in [9.17, 15) is 14.4 Å². The molecule has 19 heavy (non-hydrogen) atoms. The fourth-order valence-electron chi connectivity index (χ4n) is 1.91. The van der Waals surface area contributed by atoms with E-state index in [-0.39, 0.29) is 11.8 Å². The number of hydrogen-bond acceptors (Lipinski definition) is 3. The Kier molecular flexibility index (Phi) is 3.50. The largest absolute Gasteiger partial charge is 0.481 e. The van der Waals surface area contributed by atoms with Gasteiger partial charge in [0.1, 0.15) is 0 Å². The maximum atomic E-state index is 11.8. The molecule has 2 amide bonds. The Bertz CT molecular complexity index is 541. The standard InChI is InChI=1S/C13H14N2O4/c1-14-11(16)7-4-2-3-5-10(7)15-12(17)8-6-9(8)13(18)19/h2-5,8-9H,6H2,1H3,(H,14,16)(H,15,17)(H,18,19)/t8-,9+/m1/s1. The van der Waals surface area contributed by atoms with Gasteiger partial charge in [-0.25, -0.2) is 0 Å². The fraction of sp³-hybridized carbons (Fsp3) is 0.308. The van der Waals surface area contributed by atoms with Crippen LogP contribution in [0.5, 0.6) is 0 Å². The minimum atomic E-state index is -0.959. The van der Waals surface area contributed by atoms with E-state index in [0.717, 1.165) is 0 Å². The van der Waals surface area contributed by atoms with Gasteiger partial charge in [0, 0.05) is 7.05 Å². The van der Waals surface area contributed by atoms with Gasteiger partial charge in [0.05, 0.1) is 23.1 Å². The number of aliphatic carboxylic acids is 1. The van der Waals surface area contributed by atoms with Crippen molar-refractivity contribution in [2.75, 3.05) is 12.4 Å². The van der Waals surface area contributed by atoms with Crippen molar-refractivity contribution in [3.63, 3.8) is 0 Å². The summed E-state index contributed by atoms with van der Waals surface area (Å²) < 4.78 is 0. The third kappa shape index (κ3) is 2.73. The molecule has 0 bridgehead atoms. The highest BCUT2D eigenvalue weighted by molar-refractivity contribution is 6.05. The normalized spacial score (nSPS) is 20.5. The average molecular weight is 262 g/mol. The Hall–Kier alpha value is -2.37. The number of carbonyl (C=O) groups excluding carboxylic acids is 2.